The number of hydrogen-bond donors (Lipinski definition) is 0. The van der Waals surface area contributed by atoms with Crippen molar-refractivity contribution in [1.82, 2.24) is 24.8 Å². The summed E-state index contributed by atoms with van der Waals surface area (Å²) in [5.74, 6) is 1.58. The molecule has 3 aromatic heterocycles. The van der Waals surface area contributed by atoms with Crippen molar-refractivity contribution in [2.75, 3.05) is 7.11 Å². The molecule has 128 valence electrons. The minimum atomic E-state index is 0.422. The molecule has 4 rings (SSSR count). The lowest BCUT2D eigenvalue weighted by molar-refractivity contribution is 0.413. The summed E-state index contributed by atoms with van der Waals surface area (Å²) in [5.41, 5.74) is 2.95. The van der Waals surface area contributed by atoms with Gasteiger partial charge in [0.1, 0.15) is 18.1 Å². The van der Waals surface area contributed by atoms with Crippen LogP contribution in [-0.2, 0) is 5.75 Å². The zero-order valence-electron chi connectivity index (χ0n) is 13.7. The lowest BCUT2D eigenvalue weighted by Crippen LogP contribution is -1.90. The number of pyridine rings is 1. The van der Waals surface area contributed by atoms with E-state index >= 15 is 0 Å². The molecule has 0 N–H and O–H groups in total. The lowest BCUT2D eigenvalue weighted by atomic mass is 10.1. The van der Waals surface area contributed by atoms with Gasteiger partial charge in [0, 0.05) is 17.5 Å². The standard InChI is InChI=1S/C17H12N6O2S/c1-24-14-3-2-11(6-13(14)8-18)9-26-17-22-21-16(25-17)12-4-5-23-15(7-12)19-10-20-23/h2-7,10H,9H2,1H3. The maximum atomic E-state index is 9.16. The van der Waals surface area contributed by atoms with Crippen LogP contribution in [0.2, 0.25) is 0 Å². The molecule has 0 fully saturated rings. The molecule has 0 aliphatic rings. The Morgan fingerprint density at radius 2 is 2.19 bits per heavy atom. The van der Waals surface area contributed by atoms with Crippen molar-refractivity contribution in [1.29, 1.82) is 5.26 Å². The Morgan fingerprint density at radius 3 is 3.04 bits per heavy atom. The molecule has 0 radical (unpaired) electrons. The van der Waals surface area contributed by atoms with Gasteiger partial charge >= 0.3 is 0 Å². The fourth-order valence-corrected chi connectivity index (χ4v) is 3.12. The normalized spacial score (nSPS) is 10.8. The van der Waals surface area contributed by atoms with Crippen LogP contribution in [-0.4, -0.2) is 31.9 Å². The quantitative estimate of drug-likeness (QED) is 0.498. The van der Waals surface area contributed by atoms with E-state index in [1.54, 1.807) is 30.0 Å². The van der Waals surface area contributed by atoms with Crippen LogP contribution in [0.5, 0.6) is 5.75 Å². The molecule has 1 aromatic carbocycles. The second kappa shape index (κ2) is 6.85. The van der Waals surface area contributed by atoms with Gasteiger partial charge in [-0.25, -0.2) is 9.50 Å². The Bertz CT molecular complexity index is 1110. The third-order valence-corrected chi connectivity index (χ3v) is 4.57. The van der Waals surface area contributed by atoms with Crippen LogP contribution < -0.4 is 4.74 Å². The highest BCUT2D eigenvalue weighted by Crippen LogP contribution is 2.27. The number of hydrogen-bond acceptors (Lipinski definition) is 8. The van der Waals surface area contributed by atoms with Gasteiger partial charge < -0.3 is 9.15 Å². The van der Waals surface area contributed by atoms with E-state index in [-0.39, 0.29) is 0 Å². The summed E-state index contributed by atoms with van der Waals surface area (Å²) in [5, 5.41) is 21.8. The molecule has 0 bridgehead atoms. The zero-order chi connectivity index (χ0) is 17.9. The Labute approximate surface area is 152 Å². The van der Waals surface area contributed by atoms with Crippen LogP contribution in [0.3, 0.4) is 0 Å². The molecule has 4 aromatic rings. The number of methoxy groups -OCH3 is 1. The van der Waals surface area contributed by atoms with Crippen LogP contribution in [0.25, 0.3) is 17.1 Å². The van der Waals surface area contributed by atoms with Crippen LogP contribution in [0, 0.1) is 11.3 Å². The molecule has 0 aliphatic carbocycles. The summed E-state index contributed by atoms with van der Waals surface area (Å²) in [6.45, 7) is 0. The van der Waals surface area contributed by atoms with Crippen molar-refractivity contribution in [2.24, 2.45) is 0 Å². The molecular weight excluding hydrogens is 352 g/mol. The molecule has 0 unspecified atom stereocenters. The van der Waals surface area contributed by atoms with Gasteiger partial charge in [-0.1, -0.05) is 17.8 Å². The third-order valence-electron chi connectivity index (χ3n) is 3.68. The van der Waals surface area contributed by atoms with Gasteiger partial charge in [0.15, 0.2) is 5.65 Å². The van der Waals surface area contributed by atoms with E-state index in [1.807, 2.05) is 18.2 Å². The molecule has 9 heteroatoms. The monoisotopic (exact) mass is 364 g/mol. The predicted molar refractivity (Wildman–Crippen MR) is 93.5 cm³/mol. The number of nitrogens with zero attached hydrogens (tertiary/aromatic N) is 6. The molecule has 8 nitrogen and oxygen atoms in total. The molecule has 0 saturated carbocycles. The molecule has 0 amide bonds. The van der Waals surface area contributed by atoms with Crippen molar-refractivity contribution in [3.05, 3.63) is 54.0 Å². The summed E-state index contributed by atoms with van der Waals surface area (Å²) in [6, 6.07) is 11.3. The first kappa shape index (κ1) is 16.1. The first-order chi connectivity index (χ1) is 12.8. The Kier molecular flexibility index (Phi) is 4.25. The number of ether oxygens (including phenoxy) is 1. The fourth-order valence-electron chi connectivity index (χ4n) is 2.41. The molecule has 0 aliphatic heterocycles. The van der Waals surface area contributed by atoms with E-state index in [0.717, 1.165) is 11.1 Å². The maximum absolute atomic E-state index is 9.16. The summed E-state index contributed by atoms with van der Waals surface area (Å²) in [4.78, 5) is 4.14. The van der Waals surface area contributed by atoms with Crippen molar-refractivity contribution in [2.45, 2.75) is 11.0 Å². The summed E-state index contributed by atoms with van der Waals surface area (Å²) in [7, 11) is 1.54. The third kappa shape index (κ3) is 3.10. The first-order valence-corrected chi connectivity index (χ1v) is 8.58. The van der Waals surface area contributed by atoms with E-state index in [4.69, 9.17) is 14.4 Å². The highest BCUT2D eigenvalue weighted by Gasteiger charge is 2.11. The number of rotatable bonds is 5. The van der Waals surface area contributed by atoms with E-state index in [2.05, 4.69) is 26.3 Å². The minimum Gasteiger partial charge on any atom is -0.495 e. The van der Waals surface area contributed by atoms with Crippen LogP contribution in [0.15, 0.2) is 52.5 Å². The highest BCUT2D eigenvalue weighted by molar-refractivity contribution is 7.98. The average molecular weight is 364 g/mol. The van der Waals surface area contributed by atoms with Gasteiger partial charge in [-0.05, 0) is 29.8 Å². The molecule has 0 atom stereocenters. The Balaban J connectivity index is 1.49. The summed E-state index contributed by atoms with van der Waals surface area (Å²) in [6.07, 6.45) is 3.27. The first-order valence-electron chi connectivity index (χ1n) is 7.60. The molecule has 0 saturated heterocycles. The predicted octanol–water partition coefficient (Wildman–Crippen LogP) is 2.95. The number of benzene rings is 1. The molecule has 26 heavy (non-hydrogen) atoms. The Morgan fingerprint density at radius 1 is 1.27 bits per heavy atom. The number of fused-ring (bicyclic) bond motifs is 1. The second-order valence-corrected chi connectivity index (χ2v) is 6.21. The summed E-state index contributed by atoms with van der Waals surface area (Å²) >= 11 is 1.40. The maximum Gasteiger partial charge on any atom is 0.277 e. The second-order valence-electron chi connectivity index (χ2n) is 5.29. The average Bonchev–Trinajstić information content (AvgIpc) is 3.34. The van der Waals surface area contributed by atoms with E-state index in [1.165, 1.54) is 18.1 Å². The van der Waals surface area contributed by atoms with E-state index in [0.29, 0.717) is 33.8 Å². The van der Waals surface area contributed by atoms with Gasteiger partial charge in [0.2, 0.25) is 5.89 Å². The Hall–Kier alpha value is -3.38. The molecule has 0 spiro atoms. The van der Waals surface area contributed by atoms with Gasteiger partial charge in [0.05, 0.1) is 12.7 Å². The molecular formula is C17H12N6O2S. The number of aromatic nitrogens is 5. The van der Waals surface area contributed by atoms with E-state index in [9.17, 15) is 0 Å². The largest absolute Gasteiger partial charge is 0.495 e. The SMILES string of the molecule is COc1ccc(CSc2nnc(-c3ccn4ncnc4c3)o2)cc1C#N. The zero-order valence-corrected chi connectivity index (χ0v) is 14.5. The van der Waals surface area contributed by atoms with Gasteiger partial charge in [0.25, 0.3) is 5.22 Å². The van der Waals surface area contributed by atoms with Crippen molar-refractivity contribution in [3.63, 3.8) is 0 Å². The summed E-state index contributed by atoms with van der Waals surface area (Å²) < 4.78 is 12.5. The van der Waals surface area contributed by atoms with Crippen molar-refractivity contribution in [3.8, 4) is 23.3 Å². The fraction of sp³-hybridized carbons (Fsp3) is 0.118. The van der Waals surface area contributed by atoms with Crippen LogP contribution >= 0.6 is 11.8 Å². The van der Waals surface area contributed by atoms with Crippen molar-refractivity contribution < 1.29 is 9.15 Å². The van der Waals surface area contributed by atoms with E-state index < -0.39 is 0 Å². The molecule has 3 heterocycles. The highest BCUT2D eigenvalue weighted by atomic mass is 32.2. The van der Waals surface area contributed by atoms with Gasteiger partial charge in [-0.2, -0.15) is 10.4 Å². The minimum absolute atomic E-state index is 0.422. The van der Waals surface area contributed by atoms with Gasteiger partial charge in [-0.3, -0.25) is 0 Å². The smallest absolute Gasteiger partial charge is 0.277 e. The van der Waals surface area contributed by atoms with Crippen LogP contribution in [0.4, 0.5) is 0 Å². The van der Waals surface area contributed by atoms with Crippen molar-refractivity contribution >= 4 is 17.4 Å². The number of thioether (sulfide) groups is 1. The number of nitriles is 1. The lowest BCUT2D eigenvalue weighted by Gasteiger charge is -2.04. The van der Waals surface area contributed by atoms with Crippen LogP contribution in [0.1, 0.15) is 11.1 Å². The van der Waals surface area contributed by atoms with Gasteiger partial charge in [-0.15, -0.1) is 10.2 Å². The topological polar surface area (TPSA) is 102 Å².